The number of aliphatic hydroxyl groups is 2. The van der Waals surface area contributed by atoms with Gasteiger partial charge in [0.15, 0.2) is 0 Å². The molecule has 0 aromatic heterocycles. The predicted molar refractivity (Wildman–Crippen MR) is 210 cm³/mol. The van der Waals surface area contributed by atoms with Crippen molar-refractivity contribution < 1.29 is 53.2 Å². The number of carbonyl (C=O) groups excluding carboxylic acids is 6. The first-order valence-corrected chi connectivity index (χ1v) is 19.6. The molecule has 6 N–H and O–H groups in total. The van der Waals surface area contributed by atoms with E-state index in [4.69, 9.17) is 4.74 Å². The largest absolute Gasteiger partial charge is 0.453 e. The molecule has 316 valence electrons. The molecule has 3 aliphatic heterocycles. The summed E-state index contributed by atoms with van der Waals surface area (Å²) in [4.78, 5) is 81.9. The van der Waals surface area contributed by atoms with E-state index >= 15 is 0 Å². The van der Waals surface area contributed by atoms with Crippen LogP contribution < -0.4 is 21.3 Å². The molecule has 3 fully saturated rings. The Balaban J connectivity index is 1.18. The first-order valence-electron chi connectivity index (χ1n) is 19.6. The van der Waals surface area contributed by atoms with Gasteiger partial charge in [0.25, 0.3) is 0 Å². The number of alkyl carbamates (subject to hydrolysis) is 2. The maximum atomic E-state index is 13.4. The summed E-state index contributed by atoms with van der Waals surface area (Å²) in [5.41, 5.74) is 3.14. The third-order valence-corrected chi connectivity index (χ3v) is 10.7. The number of methoxy groups -OCH3 is 2. The zero-order valence-electron chi connectivity index (χ0n) is 33.3. The second-order valence-electron chi connectivity index (χ2n) is 14.9. The Morgan fingerprint density at radius 3 is 1.47 bits per heavy atom. The number of likely N-dealkylation sites (tertiary alicyclic amines) is 2. The standard InChI is InChI=1S/C40H55N7O11/c1-24(48)33(43-39(54)56-3)37(52)46-18-5-7-31(46)35(50)41-28-13-9-26(10-14-28)21-45(30-17-20-58-23-30)22-27-11-15-29(16-12-27)42-36(51)32-8-6-19-47(32)38(53)34(25(2)49)44-40(55)57-4/h9-16,24-25,30-34,48-49H,5-8,17-23H2,1-4H3,(H,41,50)(H,42,51)(H,43,54)(H,44,55)/t24-,25-,30-,31+,32+,33+,34+/m1/s1. The van der Waals surface area contributed by atoms with Crippen LogP contribution in [0.4, 0.5) is 21.0 Å². The summed E-state index contributed by atoms with van der Waals surface area (Å²) < 4.78 is 14.9. The van der Waals surface area contributed by atoms with E-state index in [1.54, 1.807) is 0 Å². The third-order valence-electron chi connectivity index (χ3n) is 10.7. The van der Waals surface area contributed by atoms with Crippen LogP contribution >= 0.6 is 0 Å². The lowest BCUT2D eigenvalue weighted by molar-refractivity contribution is -0.140. The first kappa shape index (κ1) is 43.8. The molecule has 3 saturated heterocycles. The molecule has 0 saturated carbocycles. The summed E-state index contributed by atoms with van der Waals surface area (Å²) in [6.07, 6.45) is -1.18. The minimum absolute atomic E-state index is 0.175. The van der Waals surface area contributed by atoms with Gasteiger partial charge in [-0.05, 0) is 81.3 Å². The Morgan fingerprint density at radius 2 is 1.12 bits per heavy atom. The highest BCUT2D eigenvalue weighted by atomic mass is 16.5. The highest BCUT2D eigenvalue weighted by molar-refractivity contribution is 5.99. The second-order valence-corrected chi connectivity index (χ2v) is 14.9. The summed E-state index contributed by atoms with van der Waals surface area (Å²) in [5, 5.41) is 30.8. The van der Waals surface area contributed by atoms with Crippen LogP contribution in [0.25, 0.3) is 0 Å². The van der Waals surface area contributed by atoms with Gasteiger partial charge in [-0.25, -0.2) is 9.59 Å². The monoisotopic (exact) mass is 809 g/mol. The van der Waals surface area contributed by atoms with Gasteiger partial charge in [0, 0.05) is 50.2 Å². The zero-order chi connectivity index (χ0) is 41.9. The van der Waals surface area contributed by atoms with Crippen molar-refractivity contribution in [1.29, 1.82) is 0 Å². The normalized spacial score (nSPS) is 21.1. The molecule has 0 radical (unpaired) electrons. The van der Waals surface area contributed by atoms with E-state index in [0.717, 1.165) is 31.8 Å². The summed E-state index contributed by atoms with van der Waals surface area (Å²) in [6.45, 7) is 5.84. The number of rotatable bonds is 15. The van der Waals surface area contributed by atoms with Crippen LogP contribution in [0.2, 0.25) is 0 Å². The van der Waals surface area contributed by atoms with Crippen molar-refractivity contribution in [3.8, 4) is 0 Å². The van der Waals surface area contributed by atoms with Gasteiger partial charge >= 0.3 is 12.2 Å². The number of nitrogens with zero attached hydrogens (tertiary/aromatic N) is 3. The van der Waals surface area contributed by atoms with Crippen molar-refractivity contribution >= 4 is 47.2 Å². The van der Waals surface area contributed by atoms with E-state index in [1.165, 1.54) is 23.6 Å². The number of hydrogen-bond donors (Lipinski definition) is 6. The lowest BCUT2D eigenvalue weighted by Gasteiger charge is -2.30. The lowest BCUT2D eigenvalue weighted by atomic mass is 10.1. The summed E-state index contributed by atoms with van der Waals surface area (Å²) in [5.74, 6) is -1.85. The molecule has 0 bridgehead atoms. The van der Waals surface area contributed by atoms with Gasteiger partial charge in [0.2, 0.25) is 23.6 Å². The van der Waals surface area contributed by atoms with E-state index in [2.05, 4.69) is 35.6 Å². The highest BCUT2D eigenvalue weighted by Crippen LogP contribution is 2.25. The van der Waals surface area contributed by atoms with Crippen molar-refractivity contribution in [2.45, 2.75) is 101 Å². The molecule has 7 atom stereocenters. The maximum absolute atomic E-state index is 13.4. The van der Waals surface area contributed by atoms with Gasteiger partial charge in [-0.2, -0.15) is 0 Å². The van der Waals surface area contributed by atoms with E-state index in [0.29, 0.717) is 76.5 Å². The van der Waals surface area contributed by atoms with E-state index in [9.17, 15) is 39.0 Å². The Hall–Kier alpha value is -5.30. The molecule has 18 heteroatoms. The van der Waals surface area contributed by atoms with Crippen LogP contribution in [0.1, 0.15) is 57.1 Å². The van der Waals surface area contributed by atoms with Crippen LogP contribution in [-0.2, 0) is 46.5 Å². The van der Waals surface area contributed by atoms with Crippen LogP contribution in [-0.4, -0.2) is 144 Å². The summed E-state index contributed by atoms with van der Waals surface area (Å²) in [7, 11) is 2.32. The fourth-order valence-corrected chi connectivity index (χ4v) is 7.54. The van der Waals surface area contributed by atoms with Gasteiger partial charge in [0.1, 0.15) is 24.2 Å². The first-order chi connectivity index (χ1) is 27.8. The van der Waals surface area contributed by atoms with Gasteiger partial charge in [-0.15, -0.1) is 0 Å². The average Bonchev–Trinajstić information content (AvgIpc) is 4.02. The van der Waals surface area contributed by atoms with E-state index in [1.807, 2.05) is 48.5 Å². The number of ether oxygens (including phenoxy) is 3. The SMILES string of the molecule is COC(=O)N[C@H](C(=O)N1CCC[C@H]1C(=O)Nc1ccc(CN(Cc2ccc(NC(=O)[C@@H]3CCCN3C(=O)[C@@H](NC(=O)OC)[C@@H](C)O)cc2)[C@@H]2CCOC2)cc1)[C@@H](C)O. The fourth-order valence-electron chi connectivity index (χ4n) is 7.54. The van der Waals surface area contributed by atoms with Crippen molar-refractivity contribution in [1.82, 2.24) is 25.3 Å². The Kier molecular flexibility index (Phi) is 15.4. The van der Waals surface area contributed by atoms with Gasteiger partial charge in [-0.1, -0.05) is 24.3 Å². The number of benzene rings is 2. The van der Waals surface area contributed by atoms with Crippen molar-refractivity contribution in [2.24, 2.45) is 0 Å². The molecule has 18 nitrogen and oxygen atoms in total. The van der Waals surface area contributed by atoms with Gasteiger partial charge < -0.3 is 55.5 Å². The quantitative estimate of drug-likeness (QED) is 0.151. The molecule has 2 aromatic rings. The van der Waals surface area contributed by atoms with Crippen molar-refractivity contribution in [3.63, 3.8) is 0 Å². The fraction of sp³-hybridized carbons (Fsp3) is 0.550. The number of carbonyl (C=O) groups is 6. The summed E-state index contributed by atoms with van der Waals surface area (Å²) >= 11 is 0. The Labute approximate surface area is 337 Å². The van der Waals surface area contributed by atoms with Crippen LogP contribution in [0.3, 0.4) is 0 Å². The van der Waals surface area contributed by atoms with Crippen molar-refractivity contribution in [3.05, 3.63) is 59.7 Å². The van der Waals surface area contributed by atoms with Gasteiger partial charge in [0.05, 0.1) is 33.0 Å². The minimum atomic E-state index is -1.25. The maximum Gasteiger partial charge on any atom is 0.407 e. The third kappa shape index (κ3) is 11.2. The molecular weight excluding hydrogens is 754 g/mol. The number of hydrogen-bond acceptors (Lipinski definition) is 12. The molecule has 0 spiro atoms. The number of anilines is 2. The van der Waals surface area contributed by atoms with E-state index in [-0.39, 0.29) is 17.9 Å². The Bertz CT molecular complexity index is 1630. The molecule has 6 amide bonds. The minimum Gasteiger partial charge on any atom is -0.453 e. The lowest BCUT2D eigenvalue weighted by Crippen LogP contribution is -2.56. The Morgan fingerprint density at radius 1 is 0.707 bits per heavy atom. The molecule has 2 aromatic carbocycles. The van der Waals surface area contributed by atoms with Crippen LogP contribution in [0, 0.1) is 0 Å². The predicted octanol–water partition coefficient (Wildman–Crippen LogP) is 1.55. The number of amides is 6. The smallest absolute Gasteiger partial charge is 0.407 e. The zero-order valence-corrected chi connectivity index (χ0v) is 33.3. The molecule has 58 heavy (non-hydrogen) atoms. The average molecular weight is 810 g/mol. The van der Waals surface area contributed by atoms with Crippen LogP contribution in [0.15, 0.2) is 48.5 Å². The van der Waals surface area contributed by atoms with Crippen molar-refractivity contribution in [2.75, 3.05) is 51.2 Å². The molecule has 0 aliphatic carbocycles. The highest BCUT2D eigenvalue weighted by Gasteiger charge is 2.41. The molecule has 3 aliphatic rings. The summed E-state index contributed by atoms with van der Waals surface area (Å²) in [6, 6.07) is 11.1. The topological polar surface area (TPSA) is 228 Å². The number of aliphatic hydroxyl groups excluding tert-OH is 2. The number of nitrogens with one attached hydrogen (secondary N) is 4. The molecule has 5 rings (SSSR count). The molecule has 3 heterocycles. The molecular formula is C40H55N7O11. The van der Waals surface area contributed by atoms with E-state index < -0.39 is 60.4 Å². The molecule has 0 unspecified atom stereocenters. The van der Waals surface area contributed by atoms with Gasteiger partial charge in [-0.3, -0.25) is 24.1 Å². The van der Waals surface area contributed by atoms with Crippen LogP contribution in [0.5, 0.6) is 0 Å². The second kappa shape index (κ2) is 20.4.